The Morgan fingerprint density at radius 2 is 2.08 bits per heavy atom. The molecule has 0 aliphatic carbocycles. The summed E-state index contributed by atoms with van der Waals surface area (Å²) in [6.07, 6.45) is 0.421. The second-order valence-electron chi connectivity index (χ2n) is 6.33. The Morgan fingerprint density at radius 1 is 1.38 bits per heavy atom. The molecule has 0 saturated heterocycles. The largest absolute Gasteiger partial charge is 0.460 e. The molecule has 1 aromatic carbocycles. The molecular weight excluding hydrogens is 331 g/mol. The van der Waals surface area contributed by atoms with Crippen molar-refractivity contribution in [2.75, 3.05) is 6.54 Å². The first-order valence-electron chi connectivity index (χ1n) is 7.43. The van der Waals surface area contributed by atoms with Crippen molar-refractivity contribution in [1.29, 1.82) is 0 Å². The van der Waals surface area contributed by atoms with Gasteiger partial charge in [0.1, 0.15) is 28.1 Å². The van der Waals surface area contributed by atoms with E-state index >= 15 is 0 Å². The molecular formula is C16H19FN4O2S. The van der Waals surface area contributed by atoms with Crippen molar-refractivity contribution >= 4 is 27.7 Å². The Balaban J connectivity index is 2.47. The third-order valence-electron chi connectivity index (χ3n) is 3.29. The number of fused-ring (bicyclic) bond motifs is 1. The average Bonchev–Trinajstić information content (AvgIpc) is 2.88. The van der Waals surface area contributed by atoms with Crippen LogP contribution >= 0.6 is 0 Å². The minimum absolute atomic E-state index is 0.259. The molecule has 0 bridgehead atoms. The number of benzene rings is 1. The van der Waals surface area contributed by atoms with Crippen molar-refractivity contribution in [2.24, 2.45) is 9.51 Å². The minimum Gasteiger partial charge on any atom is -0.460 e. The molecule has 2 aromatic rings. The summed E-state index contributed by atoms with van der Waals surface area (Å²) in [5, 5.41) is 4.06. The maximum absolute atomic E-state index is 13.9. The van der Waals surface area contributed by atoms with Gasteiger partial charge < -0.3 is 4.42 Å². The lowest BCUT2D eigenvalue weighted by atomic mass is 10.1. The summed E-state index contributed by atoms with van der Waals surface area (Å²) in [5.41, 5.74) is 9.72. The zero-order valence-electron chi connectivity index (χ0n) is 14.0. The van der Waals surface area contributed by atoms with Crippen LogP contribution < -0.4 is 0 Å². The molecule has 0 radical (unpaired) electrons. The fraction of sp³-hybridized carbons (Fsp3) is 0.438. The van der Waals surface area contributed by atoms with Crippen molar-refractivity contribution in [3.8, 4) is 0 Å². The minimum atomic E-state index is -1.45. The van der Waals surface area contributed by atoms with Crippen LogP contribution in [0.4, 0.5) is 4.39 Å². The smallest absolute Gasteiger partial charge is 0.145 e. The van der Waals surface area contributed by atoms with E-state index in [4.69, 9.17) is 9.95 Å². The molecule has 1 atom stereocenters. The Hall–Kier alpha value is -2.18. The van der Waals surface area contributed by atoms with Gasteiger partial charge in [-0.05, 0) is 51.4 Å². The maximum Gasteiger partial charge on any atom is 0.145 e. The molecule has 2 rings (SSSR count). The molecule has 24 heavy (non-hydrogen) atoms. The summed E-state index contributed by atoms with van der Waals surface area (Å²) < 4.78 is 35.6. The molecule has 0 amide bonds. The lowest BCUT2D eigenvalue weighted by Gasteiger charge is -2.14. The highest BCUT2D eigenvalue weighted by molar-refractivity contribution is 7.85. The SMILES string of the molecule is C/C(=N\S(=O)C(C)(C)C)c1cc(F)cc2cc(CCN=[N+]=[N-])oc12. The molecule has 0 saturated carbocycles. The lowest BCUT2D eigenvalue weighted by molar-refractivity contribution is 0.548. The number of furan rings is 1. The van der Waals surface area contributed by atoms with Gasteiger partial charge in [-0.3, -0.25) is 0 Å². The van der Waals surface area contributed by atoms with Crippen LogP contribution in [0.15, 0.2) is 32.1 Å². The Kier molecular flexibility index (Phi) is 5.41. The summed E-state index contributed by atoms with van der Waals surface area (Å²) in [7, 11) is -1.45. The van der Waals surface area contributed by atoms with Crippen molar-refractivity contribution in [1.82, 2.24) is 0 Å². The van der Waals surface area contributed by atoms with Crippen LogP contribution in [0, 0.1) is 5.82 Å². The fourth-order valence-corrected chi connectivity index (χ4v) is 2.70. The van der Waals surface area contributed by atoms with Gasteiger partial charge in [-0.15, -0.1) is 0 Å². The summed E-state index contributed by atoms with van der Waals surface area (Å²) in [4.78, 5) is 2.69. The molecule has 1 aromatic heterocycles. The monoisotopic (exact) mass is 350 g/mol. The third-order valence-corrected chi connectivity index (χ3v) is 4.77. The predicted octanol–water partition coefficient (Wildman–Crippen LogP) is 4.70. The predicted molar refractivity (Wildman–Crippen MR) is 94.0 cm³/mol. The van der Waals surface area contributed by atoms with Gasteiger partial charge in [0.05, 0.1) is 10.5 Å². The second-order valence-corrected chi connectivity index (χ2v) is 8.23. The van der Waals surface area contributed by atoms with Crippen LogP contribution in [0.25, 0.3) is 21.4 Å². The van der Waals surface area contributed by atoms with Crippen molar-refractivity contribution in [3.63, 3.8) is 0 Å². The number of rotatable bonds is 5. The van der Waals surface area contributed by atoms with E-state index in [9.17, 15) is 8.60 Å². The van der Waals surface area contributed by atoms with Crippen LogP contribution in [-0.4, -0.2) is 21.2 Å². The van der Waals surface area contributed by atoms with Gasteiger partial charge in [-0.25, -0.2) is 8.60 Å². The summed E-state index contributed by atoms with van der Waals surface area (Å²) >= 11 is 0. The fourth-order valence-electron chi connectivity index (χ4n) is 2.08. The van der Waals surface area contributed by atoms with Crippen molar-refractivity contribution in [2.45, 2.75) is 38.9 Å². The summed E-state index contributed by atoms with van der Waals surface area (Å²) in [5.74, 6) is 0.171. The summed E-state index contributed by atoms with van der Waals surface area (Å²) in [6.45, 7) is 7.40. The van der Waals surface area contributed by atoms with Crippen molar-refractivity contribution < 1.29 is 13.0 Å². The molecule has 0 aliphatic rings. The van der Waals surface area contributed by atoms with Gasteiger partial charge in [-0.2, -0.15) is 4.40 Å². The van der Waals surface area contributed by atoms with E-state index in [1.54, 1.807) is 13.0 Å². The second kappa shape index (κ2) is 7.15. The van der Waals surface area contributed by atoms with Crippen molar-refractivity contribution in [3.05, 3.63) is 45.8 Å². The number of azide groups is 1. The summed E-state index contributed by atoms with van der Waals surface area (Å²) in [6, 6.07) is 4.40. The molecule has 6 nitrogen and oxygen atoms in total. The maximum atomic E-state index is 13.9. The van der Waals surface area contributed by atoms with Crippen LogP contribution in [0.2, 0.25) is 0 Å². The third kappa shape index (κ3) is 4.21. The Bertz CT molecular complexity index is 861. The topological polar surface area (TPSA) is 91.3 Å². The van der Waals surface area contributed by atoms with Crippen LogP contribution in [0.3, 0.4) is 0 Å². The van der Waals surface area contributed by atoms with E-state index in [0.29, 0.717) is 34.4 Å². The van der Waals surface area contributed by atoms with Crippen LogP contribution in [0.5, 0.6) is 0 Å². The lowest BCUT2D eigenvalue weighted by Crippen LogP contribution is -2.20. The van der Waals surface area contributed by atoms with E-state index in [2.05, 4.69) is 14.4 Å². The highest BCUT2D eigenvalue weighted by Gasteiger charge is 2.20. The molecule has 8 heteroatoms. The molecule has 0 spiro atoms. The quantitative estimate of drug-likeness (QED) is 0.338. The molecule has 1 heterocycles. The van der Waals surface area contributed by atoms with E-state index in [-0.39, 0.29) is 6.54 Å². The van der Waals surface area contributed by atoms with Crippen LogP contribution in [-0.2, 0) is 17.4 Å². The van der Waals surface area contributed by atoms with Gasteiger partial charge in [0.25, 0.3) is 0 Å². The number of nitrogens with zero attached hydrogens (tertiary/aromatic N) is 4. The molecule has 0 aliphatic heterocycles. The average molecular weight is 350 g/mol. The molecule has 128 valence electrons. The normalized spacial score (nSPS) is 13.8. The first-order valence-corrected chi connectivity index (χ1v) is 8.53. The molecule has 1 unspecified atom stereocenters. The van der Waals surface area contributed by atoms with E-state index in [1.807, 2.05) is 20.8 Å². The zero-order valence-corrected chi connectivity index (χ0v) is 14.9. The first-order chi connectivity index (χ1) is 11.2. The van der Waals surface area contributed by atoms with Gasteiger partial charge in [-0.1, -0.05) is 5.11 Å². The van der Waals surface area contributed by atoms with E-state index in [0.717, 1.165) is 0 Å². The highest BCUT2D eigenvalue weighted by atomic mass is 32.2. The van der Waals surface area contributed by atoms with Gasteiger partial charge in [0.15, 0.2) is 0 Å². The van der Waals surface area contributed by atoms with Gasteiger partial charge in [0, 0.05) is 28.8 Å². The number of hydrogen-bond acceptors (Lipinski definition) is 3. The standard InChI is InChI=1S/C16H19FN4O2S/c1-10(20-24(22)16(2,3)4)14-9-12(17)7-11-8-13(23-15(11)14)5-6-19-21-18/h7-9H,5-6H2,1-4H3/b20-10+. The number of halogens is 1. The Morgan fingerprint density at radius 3 is 2.71 bits per heavy atom. The molecule has 0 N–H and O–H groups in total. The van der Waals surface area contributed by atoms with Gasteiger partial charge >= 0.3 is 0 Å². The zero-order chi connectivity index (χ0) is 17.9. The first kappa shape index (κ1) is 18.2. The number of hydrogen-bond donors (Lipinski definition) is 0. The van der Waals surface area contributed by atoms with E-state index in [1.165, 1.54) is 12.1 Å². The highest BCUT2D eigenvalue weighted by Crippen LogP contribution is 2.26. The van der Waals surface area contributed by atoms with Gasteiger partial charge in [0.2, 0.25) is 0 Å². The van der Waals surface area contributed by atoms with Crippen LogP contribution in [0.1, 0.15) is 39.0 Å². The Labute approximate surface area is 142 Å². The van der Waals surface area contributed by atoms with E-state index < -0.39 is 21.5 Å². The molecule has 0 fully saturated rings.